The monoisotopic (exact) mass is 408 g/mol. The van der Waals surface area contributed by atoms with Crippen molar-refractivity contribution in [2.75, 3.05) is 20.2 Å². The first-order valence-corrected chi connectivity index (χ1v) is 10.6. The van der Waals surface area contributed by atoms with Gasteiger partial charge in [0.15, 0.2) is 16.7 Å². The minimum atomic E-state index is -0.251. The number of piperidine rings is 1. The molecule has 1 N–H and O–H groups in total. The van der Waals surface area contributed by atoms with Gasteiger partial charge in [0.25, 0.3) is 5.91 Å². The van der Waals surface area contributed by atoms with E-state index in [1.54, 1.807) is 24.3 Å². The van der Waals surface area contributed by atoms with Gasteiger partial charge in [-0.1, -0.05) is 42.5 Å². The number of ether oxygens (including phenoxy) is 1. The Bertz CT molecular complexity index is 948. The Morgan fingerprint density at radius 2 is 1.93 bits per heavy atom. The summed E-state index contributed by atoms with van der Waals surface area (Å²) in [7, 11) is 1.50. The summed E-state index contributed by atoms with van der Waals surface area (Å²) in [5, 5.41) is 11.0. The van der Waals surface area contributed by atoms with Crippen molar-refractivity contribution in [2.24, 2.45) is 10.9 Å². The molecule has 150 valence electrons. The molecule has 2 aromatic rings. The normalized spacial score (nSPS) is 18.9. The van der Waals surface area contributed by atoms with E-state index in [0.717, 1.165) is 37.5 Å². The number of aromatic hydroxyl groups is 1. The van der Waals surface area contributed by atoms with E-state index in [4.69, 9.17) is 4.74 Å². The van der Waals surface area contributed by atoms with Crippen LogP contribution in [0.25, 0.3) is 6.08 Å². The number of amidine groups is 1. The zero-order chi connectivity index (χ0) is 20.2. The Morgan fingerprint density at radius 3 is 2.66 bits per heavy atom. The van der Waals surface area contributed by atoms with E-state index in [1.165, 1.54) is 24.4 Å². The van der Waals surface area contributed by atoms with Crippen molar-refractivity contribution in [3.8, 4) is 11.5 Å². The molecule has 0 bridgehead atoms. The summed E-state index contributed by atoms with van der Waals surface area (Å²) in [6.07, 6.45) is 4.98. The molecular weight excluding hydrogens is 384 g/mol. The van der Waals surface area contributed by atoms with Gasteiger partial charge in [0.2, 0.25) is 0 Å². The van der Waals surface area contributed by atoms with Crippen molar-refractivity contribution in [3.05, 3.63) is 64.6 Å². The number of amides is 1. The Kier molecular flexibility index (Phi) is 5.90. The molecule has 0 spiro atoms. The van der Waals surface area contributed by atoms with Crippen molar-refractivity contribution in [3.63, 3.8) is 0 Å². The molecule has 5 nitrogen and oxygen atoms in total. The summed E-state index contributed by atoms with van der Waals surface area (Å²) >= 11 is 1.38. The Balaban J connectivity index is 1.38. The highest BCUT2D eigenvalue weighted by Crippen LogP contribution is 2.36. The number of hydrogen-bond acceptors (Lipinski definition) is 5. The fourth-order valence-corrected chi connectivity index (χ4v) is 4.73. The van der Waals surface area contributed by atoms with Gasteiger partial charge in [0.1, 0.15) is 0 Å². The quantitative estimate of drug-likeness (QED) is 0.763. The smallest absolute Gasteiger partial charge is 0.286 e. The molecule has 2 aliphatic rings. The number of carbonyl (C=O) groups excluding carboxylic acids is 1. The molecule has 1 fully saturated rings. The third-order valence-corrected chi connectivity index (χ3v) is 6.44. The largest absolute Gasteiger partial charge is 0.504 e. The molecule has 0 saturated carbocycles. The van der Waals surface area contributed by atoms with E-state index in [1.807, 2.05) is 0 Å². The first-order valence-electron chi connectivity index (χ1n) is 9.81. The van der Waals surface area contributed by atoms with Gasteiger partial charge in [0.05, 0.1) is 12.0 Å². The minimum absolute atomic E-state index is 0.0334. The first kappa shape index (κ1) is 19.6. The van der Waals surface area contributed by atoms with Crippen LogP contribution in [-0.2, 0) is 11.2 Å². The van der Waals surface area contributed by atoms with E-state index in [-0.39, 0.29) is 11.7 Å². The predicted octanol–water partition coefficient (Wildman–Crippen LogP) is 4.33. The molecule has 2 heterocycles. The number of aliphatic imine (C=N–C) groups is 1. The van der Waals surface area contributed by atoms with Crippen molar-refractivity contribution in [1.82, 2.24) is 4.90 Å². The second-order valence-corrected chi connectivity index (χ2v) is 8.34. The lowest BCUT2D eigenvalue weighted by Crippen LogP contribution is -2.37. The maximum absolute atomic E-state index is 12.4. The third-order valence-electron chi connectivity index (χ3n) is 5.40. The number of hydrogen-bond donors (Lipinski definition) is 1. The molecular formula is C23H24N2O3S. The molecule has 2 aromatic carbocycles. The highest BCUT2D eigenvalue weighted by Gasteiger charge is 2.29. The van der Waals surface area contributed by atoms with Crippen molar-refractivity contribution in [2.45, 2.75) is 19.3 Å². The molecule has 1 saturated heterocycles. The number of rotatable bonds is 4. The maximum atomic E-state index is 12.4. The van der Waals surface area contributed by atoms with Crippen LogP contribution in [0.4, 0.5) is 0 Å². The van der Waals surface area contributed by atoms with Crippen LogP contribution in [0.15, 0.2) is 58.4 Å². The number of phenolic OH excluding ortho intramolecular Hbond substituents is 1. The third kappa shape index (κ3) is 4.48. The number of likely N-dealkylation sites (tertiary alicyclic amines) is 1. The lowest BCUT2D eigenvalue weighted by Gasteiger charge is -2.32. The second-order valence-electron chi connectivity index (χ2n) is 7.33. The number of methoxy groups -OCH3 is 1. The highest BCUT2D eigenvalue weighted by molar-refractivity contribution is 8.18. The number of thioether (sulfide) groups is 1. The van der Waals surface area contributed by atoms with Gasteiger partial charge in [-0.2, -0.15) is 4.99 Å². The molecule has 6 heteroatoms. The van der Waals surface area contributed by atoms with E-state index in [2.05, 4.69) is 40.2 Å². The highest BCUT2D eigenvalue weighted by atomic mass is 32.2. The lowest BCUT2D eigenvalue weighted by atomic mass is 9.90. The van der Waals surface area contributed by atoms with Gasteiger partial charge < -0.3 is 14.7 Å². The van der Waals surface area contributed by atoms with E-state index in [0.29, 0.717) is 22.1 Å². The summed E-state index contributed by atoms with van der Waals surface area (Å²) in [6, 6.07) is 15.8. The minimum Gasteiger partial charge on any atom is -0.504 e. The van der Waals surface area contributed by atoms with Gasteiger partial charge in [-0.05, 0) is 54.6 Å². The summed E-state index contributed by atoms with van der Waals surface area (Å²) in [4.78, 5) is 19.4. The topological polar surface area (TPSA) is 62.1 Å². The zero-order valence-electron chi connectivity index (χ0n) is 16.4. The summed E-state index contributed by atoms with van der Waals surface area (Å²) < 4.78 is 5.14. The fraction of sp³-hybridized carbons (Fsp3) is 0.304. The van der Waals surface area contributed by atoms with Gasteiger partial charge in [-0.15, -0.1) is 0 Å². The average Bonchev–Trinajstić information content (AvgIpc) is 3.11. The van der Waals surface area contributed by atoms with Crippen LogP contribution < -0.4 is 4.74 Å². The molecule has 1 amide bonds. The van der Waals surface area contributed by atoms with E-state index in [9.17, 15) is 9.90 Å². The second kappa shape index (κ2) is 8.74. The number of carbonyl (C=O) groups is 1. The van der Waals surface area contributed by atoms with Crippen molar-refractivity contribution in [1.29, 1.82) is 0 Å². The van der Waals surface area contributed by atoms with Crippen LogP contribution in [0, 0.1) is 5.92 Å². The van der Waals surface area contributed by atoms with Gasteiger partial charge >= 0.3 is 0 Å². The molecule has 4 rings (SSSR count). The fourth-order valence-electron chi connectivity index (χ4n) is 3.77. The number of benzene rings is 2. The Morgan fingerprint density at radius 1 is 1.17 bits per heavy atom. The van der Waals surface area contributed by atoms with Crippen LogP contribution >= 0.6 is 11.8 Å². The standard InChI is InChI=1S/C23H24N2O3S/c1-28-19-9-5-8-18(21(19)26)15-20-22(27)24-23(29-20)25-12-10-17(11-13-25)14-16-6-3-2-4-7-16/h2-9,15,17,26H,10-14H2,1H3. The van der Waals surface area contributed by atoms with Gasteiger partial charge in [-0.25, -0.2) is 0 Å². The number of para-hydroxylation sites is 1. The summed E-state index contributed by atoms with van der Waals surface area (Å²) in [6.45, 7) is 1.82. The molecule has 0 aliphatic carbocycles. The Labute approximate surface area is 175 Å². The Hall–Kier alpha value is -2.73. The molecule has 0 radical (unpaired) electrons. The molecule has 0 atom stereocenters. The average molecular weight is 409 g/mol. The van der Waals surface area contributed by atoms with Gasteiger partial charge in [-0.3, -0.25) is 4.79 Å². The first-order chi connectivity index (χ1) is 14.1. The lowest BCUT2D eigenvalue weighted by molar-refractivity contribution is -0.113. The van der Waals surface area contributed by atoms with E-state index < -0.39 is 0 Å². The van der Waals surface area contributed by atoms with Crippen molar-refractivity contribution >= 4 is 28.9 Å². The molecule has 29 heavy (non-hydrogen) atoms. The predicted molar refractivity (Wildman–Crippen MR) is 117 cm³/mol. The van der Waals surface area contributed by atoms with Crippen LogP contribution in [-0.4, -0.2) is 41.3 Å². The maximum Gasteiger partial charge on any atom is 0.286 e. The molecule has 2 aliphatic heterocycles. The number of nitrogens with zero attached hydrogens (tertiary/aromatic N) is 2. The summed E-state index contributed by atoms with van der Waals surface area (Å²) in [5.74, 6) is 0.834. The summed E-state index contributed by atoms with van der Waals surface area (Å²) in [5.41, 5.74) is 1.94. The molecule has 0 aromatic heterocycles. The van der Waals surface area contributed by atoms with Crippen molar-refractivity contribution < 1.29 is 14.6 Å². The van der Waals surface area contributed by atoms with Crippen LogP contribution in [0.1, 0.15) is 24.0 Å². The number of phenols is 1. The molecule has 0 unspecified atom stereocenters. The SMILES string of the molecule is COc1cccc(C=C2SC(N3CCC(Cc4ccccc4)CC3)=NC2=O)c1O. The van der Waals surface area contributed by atoms with Crippen LogP contribution in [0.2, 0.25) is 0 Å². The van der Waals surface area contributed by atoms with Gasteiger partial charge in [0, 0.05) is 18.7 Å². The zero-order valence-corrected chi connectivity index (χ0v) is 17.2. The van der Waals surface area contributed by atoms with Crippen LogP contribution in [0.5, 0.6) is 11.5 Å². The van der Waals surface area contributed by atoms with Crippen LogP contribution in [0.3, 0.4) is 0 Å². The van der Waals surface area contributed by atoms with E-state index >= 15 is 0 Å².